The quantitative estimate of drug-likeness (QED) is 0.722. The van der Waals surface area contributed by atoms with Crippen LogP contribution in [-0.2, 0) is 17.1 Å². The number of benzene rings is 1. The summed E-state index contributed by atoms with van der Waals surface area (Å²) < 4.78 is 30.5. The highest BCUT2D eigenvalue weighted by Crippen LogP contribution is 2.34. The minimum Gasteiger partial charge on any atom is -0.397 e. The molecular formula is C12H14Br2N4O2S. The van der Waals surface area contributed by atoms with E-state index in [1.54, 1.807) is 33.0 Å². The highest BCUT2D eigenvalue weighted by Gasteiger charge is 2.25. The molecule has 9 heteroatoms. The van der Waals surface area contributed by atoms with Gasteiger partial charge in [-0.15, -0.1) is 0 Å². The number of nitrogens with one attached hydrogen (secondary N) is 1. The summed E-state index contributed by atoms with van der Waals surface area (Å²) in [5, 5.41) is 4.12. The predicted molar refractivity (Wildman–Crippen MR) is 89.7 cm³/mol. The lowest BCUT2D eigenvalue weighted by atomic mass is 10.3. The van der Waals surface area contributed by atoms with Crippen LogP contribution >= 0.6 is 31.9 Å². The Morgan fingerprint density at radius 1 is 1.29 bits per heavy atom. The second kappa shape index (κ2) is 5.62. The second-order valence-corrected chi connectivity index (χ2v) is 7.97. The van der Waals surface area contributed by atoms with Gasteiger partial charge in [-0.3, -0.25) is 9.40 Å². The lowest BCUT2D eigenvalue weighted by molar-refractivity contribution is 0.599. The summed E-state index contributed by atoms with van der Waals surface area (Å²) in [6, 6.07) is 3.35. The van der Waals surface area contributed by atoms with Crippen molar-refractivity contribution in [2.24, 2.45) is 7.05 Å². The van der Waals surface area contributed by atoms with E-state index in [0.29, 0.717) is 27.2 Å². The van der Waals surface area contributed by atoms with Crippen LogP contribution < -0.4 is 10.5 Å². The third-order valence-electron chi connectivity index (χ3n) is 3.03. The van der Waals surface area contributed by atoms with Crippen LogP contribution in [0.5, 0.6) is 0 Å². The lowest BCUT2D eigenvalue weighted by Gasteiger charge is -2.13. The normalized spacial score (nSPS) is 11.7. The van der Waals surface area contributed by atoms with Gasteiger partial charge in [-0.05, 0) is 41.9 Å². The summed E-state index contributed by atoms with van der Waals surface area (Å²) in [6.07, 6.45) is 0. The summed E-state index contributed by atoms with van der Waals surface area (Å²) in [6.45, 7) is 3.36. The number of sulfonamides is 1. The molecule has 0 fully saturated rings. The number of nitrogens with zero attached hydrogens (tertiary/aromatic N) is 2. The molecule has 0 unspecified atom stereocenters. The van der Waals surface area contributed by atoms with Crippen molar-refractivity contribution in [2.45, 2.75) is 18.7 Å². The molecular weight excluding hydrogens is 424 g/mol. The Morgan fingerprint density at radius 2 is 1.90 bits per heavy atom. The van der Waals surface area contributed by atoms with E-state index in [-0.39, 0.29) is 4.90 Å². The van der Waals surface area contributed by atoms with E-state index in [0.717, 1.165) is 4.47 Å². The molecule has 1 aromatic heterocycles. The van der Waals surface area contributed by atoms with Crippen LogP contribution in [0.4, 0.5) is 11.4 Å². The molecule has 3 N–H and O–H groups in total. The van der Waals surface area contributed by atoms with Crippen LogP contribution in [0.2, 0.25) is 0 Å². The van der Waals surface area contributed by atoms with Gasteiger partial charge in [-0.25, -0.2) is 8.42 Å². The van der Waals surface area contributed by atoms with E-state index in [4.69, 9.17) is 5.73 Å². The van der Waals surface area contributed by atoms with Crippen molar-refractivity contribution in [1.82, 2.24) is 9.78 Å². The van der Waals surface area contributed by atoms with Crippen LogP contribution in [0.3, 0.4) is 0 Å². The van der Waals surface area contributed by atoms with Gasteiger partial charge in [0, 0.05) is 16.0 Å². The third-order valence-corrected chi connectivity index (χ3v) is 5.72. The topological polar surface area (TPSA) is 90.0 Å². The molecule has 0 atom stereocenters. The number of nitrogens with two attached hydrogens (primary N) is 1. The summed E-state index contributed by atoms with van der Waals surface area (Å²) in [4.78, 5) is 0.166. The van der Waals surface area contributed by atoms with Gasteiger partial charge >= 0.3 is 0 Å². The van der Waals surface area contributed by atoms with E-state index in [1.165, 1.54) is 4.68 Å². The highest BCUT2D eigenvalue weighted by molar-refractivity contribution is 9.11. The number of rotatable bonds is 3. The van der Waals surface area contributed by atoms with E-state index in [1.807, 2.05) is 0 Å². The first-order valence-corrected chi connectivity index (χ1v) is 8.98. The molecule has 0 spiro atoms. The average molecular weight is 438 g/mol. The fourth-order valence-electron chi connectivity index (χ4n) is 2.03. The number of hydrogen-bond donors (Lipinski definition) is 2. The second-order valence-electron chi connectivity index (χ2n) is 4.58. The molecule has 21 heavy (non-hydrogen) atoms. The molecule has 0 bridgehead atoms. The van der Waals surface area contributed by atoms with Crippen molar-refractivity contribution >= 4 is 53.3 Å². The maximum absolute atomic E-state index is 12.6. The van der Waals surface area contributed by atoms with E-state index in [9.17, 15) is 8.42 Å². The molecule has 0 saturated carbocycles. The summed E-state index contributed by atoms with van der Waals surface area (Å²) in [5.41, 5.74) is 7.51. The van der Waals surface area contributed by atoms with Gasteiger partial charge in [0.05, 0.1) is 22.8 Å². The third kappa shape index (κ3) is 3.09. The Bertz CT molecular complexity index is 792. The Hall–Kier alpha value is -1.06. The number of hydrogen-bond acceptors (Lipinski definition) is 4. The molecule has 6 nitrogen and oxygen atoms in total. The van der Waals surface area contributed by atoms with Gasteiger partial charge in [0.2, 0.25) is 0 Å². The summed E-state index contributed by atoms with van der Waals surface area (Å²) >= 11 is 6.61. The largest absolute Gasteiger partial charge is 0.397 e. The van der Waals surface area contributed by atoms with Gasteiger partial charge in [0.25, 0.3) is 10.0 Å². The van der Waals surface area contributed by atoms with Gasteiger partial charge in [-0.1, -0.05) is 15.9 Å². The van der Waals surface area contributed by atoms with Crippen molar-refractivity contribution in [3.8, 4) is 0 Å². The average Bonchev–Trinajstić information content (AvgIpc) is 2.58. The van der Waals surface area contributed by atoms with Crippen LogP contribution in [0.25, 0.3) is 0 Å². The van der Waals surface area contributed by atoms with Crippen LogP contribution in [-0.4, -0.2) is 18.2 Å². The predicted octanol–water partition coefficient (Wildman–Crippen LogP) is 2.94. The fourth-order valence-corrected chi connectivity index (χ4v) is 5.07. The smallest absolute Gasteiger partial charge is 0.265 e. The molecule has 2 rings (SSSR count). The van der Waals surface area contributed by atoms with Crippen molar-refractivity contribution in [3.63, 3.8) is 0 Å². The first-order valence-electron chi connectivity index (χ1n) is 5.91. The molecule has 0 saturated heterocycles. The van der Waals surface area contributed by atoms with E-state index in [2.05, 4.69) is 41.7 Å². The van der Waals surface area contributed by atoms with Gasteiger partial charge in [0.15, 0.2) is 0 Å². The zero-order chi connectivity index (χ0) is 15.9. The molecule has 1 heterocycles. The summed E-state index contributed by atoms with van der Waals surface area (Å²) in [5.74, 6) is 0. The van der Waals surface area contributed by atoms with Gasteiger partial charge in [0.1, 0.15) is 4.90 Å². The number of halogens is 2. The zero-order valence-corrected chi connectivity index (χ0v) is 15.6. The maximum Gasteiger partial charge on any atom is 0.265 e. The first-order chi connectivity index (χ1) is 9.63. The monoisotopic (exact) mass is 436 g/mol. The Kier molecular flexibility index (Phi) is 4.36. The molecule has 0 radical (unpaired) electrons. The van der Waals surface area contributed by atoms with E-state index >= 15 is 0 Å². The lowest BCUT2D eigenvalue weighted by Crippen LogP contribution is -2.16. The molecule has 0 amide bonds. The number of nitrogen functional groups attached to an aromatic ring is 1. The maximum atomic E-state index is 12.6. The van der Waals surface area contributed by atoms with Crippen molar-refractivity contribution in [2.75, 3.05) is 10.5 Å². The standard InChI is InChI=1S/C12H14Br2N4O2S/c1-6-12(7(2)18(3)16-6)21(19,20)17-11-9(14)4-8(13)5-10(11)15/h4-5,17H,15H2,1-3H3. The van der Waals surface area contributed by atoms with Crippen molar-refractivity contribution in [1.29, 1.82) is 0 Å². The SMILES string of the molecule is Cc1nn(C)c(C)c1S(=O)(=O)Nc1c(N)cc(Br)cc1Br. The highest BCUT2D eigenvalue weighted by atomic mass is 79.9. The molecule has 2 aromatic rings. The Labute approximate surface area is 140 Å². The van der Waals surface area contributed by atoms with Crippen LogP contribution in [0, 0.1) is 13.8 Å². The van der Waals surface area contributed by atoms with Gasteiger partial charge < -0.3 is 5.73 Å². The number of aryl methyl sites for hydroxylation is 2. The molecule has 0 aliphatic heterocycles. The fraction of sp³-hybridized carbons (Fsp3) is 0.250. The van der Waals surface area contributed by atoms with Crippen molar-refractivity contribution in [3.05, 3.63) is 32.5 Å². The molecule has 0 aliphatic rings. The molecule has 1 aromatic carbocycles. The Morgan fingerprint density at radius 3 is 2.38 bits per heavy atom. The minimum absolute atomic E-state index is 0.166. The van der Waals surface area contributed by atoms with Crippen molar-refractivity contribution < 1.29 is 8.42 Å². The van der Waals surface area contributed by atoms with Crippen LogP contribution in [0.15, 0.2) is 26.0 Å². The minimum atomic E-state index is -3.77. The Balaban J connectivity index is 2.53. The number of anilines is 2. The summed E-state index contributed by atoms with van der Waals surface area (Å²) in [7, 11) is -2.07. The molecule has 114 valence electrons. The first kappa shape index (κ1) is 16.3. The van der Waals surface area contributed by atoms with Crippen LogP contribution in [0.1, 0.15) is 11.4 Å². The zero-order valence-electron chi connectivity index (χ0n) is 11.6. The van der Waals surface area contributed by atoms with E-state index < -0.39 is 10.0 Å². The molecule has 0 aliphatic carbocycles. The van der Waals surface area contributed by atoms with Gasteiger partial charge in [-0.2, -0.15) is 5.10 Å². The number of aromatic nitrogens is 2.